The topological polar surface area (TPSA) is 62.5 Å². The lowest BCUT2D eigenvalue weighted by atomic mass is 10.2. The minimum absolute atomic E-state index is 0.161. The van der Waals surface area contributed by atoms with E-state index in [4.69, 9.17) is 5.73 Å². The molecule has 98 valence electrons. The van der Waals surface area contributed by atoms with Crippen molar-refractivity contribution in [2.45, 2.75) is 19.9 Å². The predicted octanol–water partition coefficient (Wildman–Crippen LogP) is 0.599. The zero-order valence-electron chi connectivity index (χ0n) is 10.8. The normalized spacial score (nSPS) is 16.6. The van der Waals surface area contributed by atoms with Gasteiger partial charge in [-0.2, -0.15) is 0 Å². The Morgan fingerprint density at radius 1 is 1.39 bits per heavy atom. The highest BCUT2D eigenvalue weighted by Crippen LogP contribution is 2.16. The summed E-state index contributed by atoms with van der Waals surface area (Å²) >= 11 is 0. The molecule has 0 atom stereocenters. The van der Waals surface area contributed by atoms with E-state index in [2.05, 4.69) is 9.88 Å². The number of anilines is 1. The van der Waals surface area contributed by atoms with Gasteiger partial charge in [0.2, 0.25) is 5.91 Å². The summed E-state index contributed by atoms with van der Waals surface area (Å²) in [6.45, 7) is 5.57. The first-order chi connectivity index (χ1) is 8.70. The molecule has 5 heteroatoms. The number of hydrogen-bond acceptors (Lipinski definition) is 4. The third kappa shape index (κ3) is 2.98. The molecule has 0 aromatic carbocycles. The van der Waals surface area contributed by atoms with Crippen molar-refractivity contribution in [3.63, 3.8) is 0 Å². The molecule has 0 aliphatic carbocycles. The Morgan fingerprint density at radius 2 is 2.22 bits per heavy atom. The van der Waals surface area contributed by atoms with E-state index in [1.807, 2.05) is 17.0 Å². The largest absolute Gasteiger partial charge is 0.370 e. The van der Waals surface area contributed by atoms with Crippen molar-refractivity contribution in [1.82, 2.24) is 9.88 Å². The molecule has 0 unspecified atom stereocenters. The van der Waals surface area contributed by atoms with E-state index >= 15 is 0 Å². The molecule has 1 aliphatic rings. The highest BCUT2D eigenvalue weighted by Gasteiger charge is 2.16. The van der Waals surface area contributed by atoms with Gasteiger partial charge in [-0.1, -0.05) is 0 Å². The minimum Gasteiger partial charge on any atom is -0.370 e. The smallest absolute Gasteiger partial charge is 0.219 e. The van der Waals surface area contributed by atoms with Crippen LogP contribution in [0.5, 0.6) is 0 Å². The number of nitrogens with zero attached hydrogens (tertiary/aromatic N) is 3. The maximum absolute atomic E-state index is 11.4. The SMILES string of the molecule is CC(=O)N1CCCN(c2ccnc(CN)c2)CC1. The van der Waals surface area contributed by atoms with Crippen LogP contribution in [0.2, 0.25) is 0 Å². The molecule has 2 N–H and O–H groups in total. The average molecular weight is 248 g/mol. The van der Waals surface area contributed by atoms with Crippen LogP contribution in [0.4, 0.5) is 5.69 Å². The van der Waals surface area contributed by atoms with Crippen LogP contribution >= 0.6 is 0 Å². The maximum atomic E-state index is 11.4. The van der Waals surface area contributed by atoms with Crippen molar-refractivity contribution in [2.24, 2.45) is 5.73 Å². The fourth-order valence-corrected chi connectivity index (χ4v) is 2.26. The molecule has 0 saturated carbocycles. The van der Waals surface area contributed by atoms with Gasteiger partial charge in [-0.05, 0) is 18.6 Å². The van der Waals surface area contributed by atoms with Crippen molar-refractivity contribution in [2.75, 3.05) is 31.1 Å². The Hall–Kier alpha value is -1.62. The number of nitrogens with two attached hydrogens (primary N) is 1. The second kappa shape index (κ2) is 5.82. The summed E-state index contributed by atoms with van der Waals surface area (Å²) < 4.78 is 0. The summed E-state index contributed by atoms with van der Waals surface area (Å²) in [5, 5.41) is 0. The van der Waals surface area contributed by atoms with Gasteiger partial charge in [0.05, 0.1) is 5.69 Å². The summed E-state index contributed by atoms with van der Waals surface area (Å²) in [6.07, 6.45) is 2.80. The van der Waals surface area contributed by atoms with E-state index in [0.717, 1.165) is 44.0 Å². The first kappa shape index (κ1) is 12.8. The van der Waals surface area contributed by atoms with Crippen LogP contribution in [0.25, 0.3) is 0 Å². The van der Waals surface area contributed by atoms with Crippen molar-refractivity contribution in [1.29, 1.82) is 0 Å². The summed E-state index contributed by atoms with van der Waals surface area (Å²) in [5.74, 6) is 0.161. The first-order valence-corrected chi connectivity index (χ1v) is 6.36. The van der Waals surface area contributed by atoms with Gasteiger partial charge in [-0.15, -0.1) is 0 Å². The lowest BCUT2D eigenvalue weighted by molar-refractivity contribution is -0.128. The molecule has 18 heavy (non-hydrogen) atoms. The summed E-state index contributed by atoms with van der Waals surface area (Å²) in [7, 11) is 0. The number of hydrogen-bond donors (Lipinski definition) is 1. The van der Waals surface area contributed by atoms with E-state index in [-0.39, 0.29) is 5.91 Å². The lowest BCUT2D eigenvalue weighted by Crippen LogP contribution is -2.33. The van der Waals surface area contributed by atoms with Gasteiger partial charge >= 0.3 is 0 Å². The van der Waals surface area contributed by atoms with Gasteiger partial charge in [0.15, 0.2) is 0 Å². The zero-order chi connectivity index (χ0) is 13.0. The Labute approximate surface area is 108 Å². The average Bonchev–Trinajstić information content (AvgIpc) is 2.64. The Bertz CT molecular complexity index is 421. The number of amides is 1. The Balaban J connectivity index is 2.07. The van der Waals surface area contributed by atoms with Crippen molar-refractivity contribution in [3.05, 3.63) is 24.0 Å². The van der Waals surface area contributed by atoms with Gasteiger partial charge in [0.25, 0.3) is 0 Å². The summed E-state index contributed by atoms with van der Waals surface area (Å²) in [4.78, 5) is 19.8. The Kier molecular flexibility index (Phi) is 4.15. The van der Waals surface area contributed by atoms with E-state index in [0.29, 0.717) is 6.54 Å². The van der Waals surface area contributed by atoms with E-state index < -0.39 is 0 Å². The monoisotopic (exact) mass is 248 g/mol. The molecule has 1 aliphatic heterocycles. The third-order valence-corrected chi connectivity index (χ3v) is 3.32. The molecule has 0 bridgehead atoms. The fourth-order valence-electron chi connectivity index (χ4n) is 2.26. The zero-order valence-corrected chi connectivity index (χ0v) is 10.8. The van der Waals surface area contributed by atoms with Gasteiger partial charge in [-0.25, -0.2) is 0 Å². The van der Waals surface area contributed by atoms with Crippen LogP contribution in [0.3, 0.4) is 0 Å². The highest BCUT2D eigenvalue weighted by molar-refractivity contribution is 5.73. The van der Waals surface area contributed by atoms with Gasteiger partial charge in [-0.3, -0.25) is 9.78 Å². The number of carbonyl (C=O) groups is 1. The summed E-state index contributed by atoms with van der Waals surface area (Å²) in [5.41, 5.74) is 7.66. The molecule has 1 saturated heterocycles. The standard InChI is InChI=1S/C13H20N4O/c1-11(18)16-5-2-6-17(8-7-16)13-3-4-15-12(9-13)10-14/h3-4,9H,2,5-8,10,14H2,1H3. The number of carbonyl (C=O) groups excluding carboxylic acids is 1. The Morgan fingerprint density at radius 3 is 2.94 bits per heavy atom. The van der Waals surface area contributed by atoms with Crippen LogP contribution in [0.15, 0.2) is 18.3 Å². The van der Waals surface area contributed by atoms with Crippen molar-refractivity contribution < 1.29 is 4.79 Å². The number of aromatic nitrogens is 1. The second-order valence-corrected chi connectivity index (χ2v) is 4.56. The quantitative estimate of drug-likeness (QED) is 0.832. The van der Waals surface area contributed by atoms with Gasteiger partial charge < -0.3 is 15.5 Å². The molecule has 2 heterocycles. The molecule has 2 rings (SSSR count). The van der Waals surface area contributed by atoms with E-state index in [1.165, 1.54) is 0 Å². The van der Waals surface area contributed by atoms with E-state index in [1.54, 1.807) is 13.1 Å². The summed E-state index contributed by atoms with van der Waals surface area (Å²) in [6, 6.07) is 4.03. The van der Waals surface area contributed by atoms with E-state index in [9.17, 15) is 4.79 Å². The van der Waals surface area contributed by atoms with Crippen LogP contribution in [0, 0.1) is 0 Å². The molecule has 1 aromatic heterocycles. The molecular formula is C13H20N4O. The van der Waals surface area contributed by atoms with Gasteiger partial charge in [0.1, 0.15) is 0 Å². The third-order valence-electron chi connectivity index (χ3n) is 3.32. The number of rotatable bonds is 2. The van der Waals surface area contributed by atoms with Crippen molar-refractivity contribution in [3.8, 4) is 0 Å². The first-order valence-electron chi connectivity index (χ1n) is 6.36. The van der Waals surface area contributed by atoms with Crippen LogP contribution < -0.4 is 10.6 Å². The van der Waals surface area contributed by atoms with Crippen LogP contribution in [-0.2, 0) is 11.3 Å². The van der Waals surface area contributed by atoms with Crippen molar-refractivity contribution >= 4 is 11.6 Å². The lowest BCUT2D eigenvalue weighted by Gasteiger charge is -2.23. The van der Waals surface area contributed by atoms with Crippen LogP contribution in [0.1, 0.15) is 19.0 Å². The molecule has 5 nitrogen and oxygen atoms in total. The highest BCUT2D eigenvalue weighted by atomic mass is 16.2. The maximum Gasteiger partial charge on any atom is 0.219 e. The molecule has 1 aromatic rings. The number of pyridine rings is 1. The van der Waals surface area contributed by atoms with Gasteiger partial charge in [0, 0.05) is 51.5 Å². The fraction of sp³-hybridized carbons (Fsp3) is 0.538. The molecule has 0 spiro atoms. The molecule has 1 amide bonds. The predicted molar refractivity (Wildman–Crippen MR) is 71.2 cm³/mol. The molecular weight excluding hydrogens is 228 g/mol. The molecule has 0 radical (unpaired) electrons. The van der Waals surface area contributed by atoms with Crippen LogP contribution in [-0.4, -0.2) is 42.0 Å². The molecule has 1 fully saturated rings. The second-order valence-electron chi connectivity index (χ2n) is 4.56. The minimum atomic E-state index is 0.161.